The lowest BCUT2D eigenvalue weighted by molar-refractivity contribution is -0.140. The summed E-state index contributed by atoms with van der Waals surface area (Å²) in [5.41, 5.74) is 2.79. The Labute approximate surface area is 182 Å². The lowest BCUT2D eigenvalue weighted by atomic mass is 9.81. The van der Waals surface area contributed by atoms with Crippen molar-refractivity contribution in [2.75, 3.05) is 19.0 Å². The largest absolute Gasteiger partial charge is 0.496 e. The van der Waals surface area contributed by atoms with Gasteiger partial charge in [-0.05, 0) is 36.6 Å². The van der Waals surface area contributed by atoms with Crippen molar-refractivity contribution in [3.05, 3.63) is 59.7 Å². The predicted octanol–water partition coefficient (Wildman–Crippen LogP) is 3.79. The first-order valence-corrected chi connectivity index (χ1v) is 10.9. The molecule has 2 fully saturated rings. The Hall–Kier alpha value is -3.15. The summed E-state index contributed by atoms with van der Waals surface area (Å²) in [5, 5.41) is 2.89. The van der Waals surface area contributed by atoms with Gasteiger partial charge in [-0.3, -0.25) is 19.3 Å². The Morgan fingerprint density at radius 3 is 2.35 bits per heavy atom. The molecule has 1 saturated carbocycles. The van der Waals surface area contributed by atoms with Crippen LogP contribution in [-0.4, -0.2) is 36.3 Å². The molecule has 4 rings (SSSR count). The summed E-state index contributed by atoms with van der Waals surface area (Å²) in [5.74, 6) is -0.00362. The number of carbonyl (C=O) groups is 3. The second-order valence-electron chi connectivity index (χ2n) is 8.31. The molecular formula is C25H28N2O4. The van der Waals surface area contributed by atoms with Crippen LogP contribution < -0.4 is 10.1 Å². The smallest absolute Gasteiger partial charge is 0.233 e. The molecular weight excluding hydrogens is 392 g/mol. The minimum absolute atomic E-state index is 0.0942. The van der Waals surface area contributed by atoms with E-state index in [1.165, 1.54) is 4.90 Å². The second-order valence-corrected chi connectivity index (χ2v) is 8.31. The molecule has 0 aromatic heterocycles. The van der Waals surface area contributed by atoms with E-state index in [-0.39, 0.29) is 42.5 Å². The monoisotopic (exact) mass is 420 g/mol. The van der Waals surface area contributed by atoms with Crippen molar-refractivity contribution in [1.82, 2.24) is 4.90 Å². The Balaban J connectivity index is 1.38. The van der Waals surface area contributed by atoms with Gasteiger partial charge < -0.3 is 10.1 Å². The molecule has 2 unspecified atom stereocenters. The zero-order chi connectivity index (χ0) is 21.8. The standard InChI is InChI=1S/C25H28N2O4/c1-31-22-12-11-19(16-18(22)15-17-7-3-2-4-8-17)26-23(28)13-14-27-24(29)20-9-5-6-10-21(20)25(27)30/h2-4,7-8,11-12,16,20-21H,5-6,9-10,13-15H2,1H3,(H,26,28). The van der Waals surface area contributed by atoms with Crippen LogP contribution in [0.3, 0.4) is 0 Å². The van der Waals surface area contributed by atoms with Crippen molar-refractivity contribution < 1.29 is 19.1 Å². The van der Waals surface area contributed by atoms with Gasteiger partial charge in [0.1, 0.15) is 5.75 Å². The zero-order valence-electron chi connectivity index (χ0n) is 17.8. The molecule has 162 valence electrons. The van der Waals surface area contributed by atoms with Crippen LogP contribution in [0.5, 0.6) is 5.75 Å². The van der Waals surface area contributed by atoms with Crippen molar-refractivity contribution in [2.45, 2.75) is 38.5 Å². The van der Waals surface area contributed by atoms with Gasteiger partial charge in [0.15, 0.2) is 0 Å². The Morgan fingerprint density at radius 1 is 1.03 bits per heavy atom. The maximum Gasteiger partial charge on any atom is 0.233 e. The van der Waals surface area contributed by atoms with E-state index in [1.807, 2.05) is 42.5 Å². The topological polar surface area (TPSA) is 75.7 Å². The van der Waals surface area contributed by atoms with Gasteiger partial charge in [-0.1, -0.05) is 43.2 Å². The summed E-state index contributed by atoms with van der Waals surface area (Å²) < 4.78 is 5.47. The number of imide groups is 1. The highest BCUT2D eigenvalue weighted by Crippen LogP contribution is 2.38. The average molecular weight is 421 g/mol. The fraction of sp³-hybridized carbons (Fsp3) is 0.400. The number of amides is 3. The van der Waals surface area contributed by atoms with Crippen molar-refractivity contribution in [1.29, 1.82) is 0 Å². The van der Waals surface area contributed by atoms with E-state index in [2.05, 4.69) is 5.32 Å². The van der Waals surface area contributed by atoms with Gasteiger partial charge in [-0.15, -0.1) is 0 Å². The number of benzene rings is 2. The van der Waals surface area contributed by atoms with E-state index in [0.29, 0.717) is 12.1 Å². The summed E-state index contributed by atoms with van der Waals surface area (Å²) in [6.45, 7) is 0.142. The van der Waals surface area contributed by atoms with Gasteiger partial charge in [-0.2, -0.15) is 0 Å². The fourth-order valence-electron chi connectivity index (χ4n) is 4.70. The molecule has 1 saturated heterocycles. The van der Waals surface area contributed by atoms with Crippen molar-refractivity contribution >= 4 is 23.4 Å². The summed E-state index contributed by atoms with van der Waals surface area (Å²) in [6, 6.07) is 15.6. The number of hydrogen-bond donors (Lipinski definition) is 1. The summed E-state index contributed by atoms with van der Waals surface area (Å²) in [4.78, 5) is 39.0. The molecule has 0 spiro atoms. The molecule has 0 radical (unpaired) electrons. The lowest BCUT2D eigenvalue weighted by Crippen LogP contribution is -2.34. The molecule has 2 aromatic rings. The Morgan fingerprint density at radius 2 is 1.71 bits per heavy atom. The van der Waals surface area contributed by atoms with Gasteiger partial charge >= 0.3 is 0 Å². The van der Waals surface area contributed by atoms with E-state index in [4.69, 9.17) is 4.74 Å². The third-order valence-electron chi connectivity index (χ3n) is 6.30. The van der Waals surface area contributed by atoms with Crippen LogP contribution in [0.2, 0.25) is 0 Å². The predicted molar refractivity (Wildman–Crippen MR) is 118 cm³/mol. The highest BCUT2D eigenvalue weighted by molar-refractivity contribution is 6.05. The lowest BCUT2D eigenvalue weighted by Gasteiger charge is -2.19. The van der Waals surface area contributed by atoms with Crippen LogP contribution in [0, 0.1) is 11.8 Å². The molecule has 2 aromatic carbocycles. The number of hydrogen-bond acceptors (Lipinski definition) is 4. The summed E-state index contributed by atoms with van der Waals surface area (Å²) in [7, 11) is 1.63. The number of anilines is 1. The number of rotatable bonds is 7. The molecule has 1 aliphatic heterocycles. The van der Waals surface area contributed by atoms with Crippen LogP contribution in [0.1, 0.15) is 43.2 Å². The van der Waals surface area contributed by atoms with Crippen LogP contribution in [0.4, 0.5) is 5.69 Å². The minimum Gasteiger partial charge on any atom is -0.496 e. The van der Waals surface area contributed by atoms with Crippen LogP contribution in [0.25, 0.3) is 0 Å². The van der Waals surface area contributed by atoms with Crippen molar-refractivity contribution in [3.8, 4) is 5.75 Å². The van der Waals surface area contributed by atoms with Crippen molar-refractivity contribution in [2.24, 2.45) is 11.8 Å². The first kappa shape index (κ1) is 21.1. The first-order valence-electron chi connectivity index (χ1n) is 10.9. The molecule has 0 bridgehead atoms. The SMILES string of the molecule is COc1ccc(NC(=O)CCN2C(=O)C3CCCCC3C2=O)cc1Cc1ccccc1. The van der Waals surface area contributed by atoms with Crippen LogP contribution >= 0.6 is 0 Å². The van der Waals surface area contributed by atoms with E-state index in [9.17, 15) is 14.4 Å². The maximum absolute atomic E-state index is 12.6. The van der Waals surface area contributed by atoms with E-state index in [1.54, 1.807) is 13.2 Å². The van der Waals surface area contributed by atoms with Crippen LogP contribution in [-0.2, 0) is 20.8 Å². The first-order chi connectivity index (χ1) is 15.1. The van der Waals surface area contributed by atoms with E-state index < -0.39 is 0 Å². The zero-order valence-corrected chi connectivity index (χ0v) is 17.8. The van der Waals surface area contributed by atoms with Crippen LogP contribution in [0.15, 0.2) is 48.5 Å². The van der Waals surface area contributed by atoms with Gasteiger partial charge in [0.2, 0.25) is 17.7 Å². The van der Waals surface area contributed by atoms with E-state index >= 15 is 0 Å². The molecule has 6 heteroatoms. The number of nitrogens with one attached hydrogen (secondary N) is 1. The molecule has 2 aliphatic rings. The highest BCUT2D eigenvalue weighted by Gasteiger charge is 2.47. The number of fused-ring (bicyclic) bond motifs is 1. The fourth-order valence-corrected chi connectivity index (χ4v) is 4.70. The number of methoxy groups -OCH3 is 1. The Kier molecular flexibility index (Phi) is 6.35. The quantitative estimate of drug-likeness (QED) is 0.692. The second kappa shape index (κ2) is 9.33. The van der Waals surface area contributed by atoms with Gasteiger partial charge in [0.25, 0.3) is 0 Å². The third kappa shape index (κ3) is 4.63. The molecule has 6 nitrogen and oxygen atoms in total. The number of likely N-dealkylation sites (tertiary alicyclic amines) is 1. The number of nitrogens with zero attached hydrogens (tertiary/aromatic N) is 1. The number of carbonyl (C=O) groups excluding carboxylic acids is 3. The Bertz CT molecular complexity index is 949. The molecule has 1 heterocycles. The van der Waals surface area contributed by atoms with Gasteiger partial charge in [-0.25, -0.2) is 0 Å². The minimum atomic E-state index is -0.216. The van der Waals surface area contributed by atoms with E-state index in [0.717, 1.165) is 42.6 Å². The summed E-state index contributed by atoms with van der Waals surface area (Å²) >= 11 is 0. The average Bonchev–Trinajstić information content (AvgIpc) is 3.03. The van der Waals surface area contributed by atoms with Gasteiger partial charge in [0.05, 0.1) is 18.9 Å². The maximum atomic E-state index is 12.6. The molecule has 1 N–H and O–H groups in total. The van der Waals surface area contributed by atoms with Crippen molar-refractivity contribution in [3.63, 3.8) is 0 Å². The molecule has 1 aliphatic carbocycles. The molecule has 2 atom stereocenters. The summed E-state index contributed by atoms with van der Waals surface area (Å²) in [6.07, 6.45) is 4.35. The number of ether oxygens (including phenoxy) is 1. The highest BCUT2D eigenvalue weighted by atomic mass is 16.5. The molecule has 31 heavy (non-hydrogen) atoms. The van der Waals surface area contributed by atoms with Gasteiger partial charge in [0, 0.05) is 30.6 Å². The normalized spacial score (nSPS) is 20.5. The molecule has 3 amide bonds. The third-order valence-corrected chi connectivity index (χ3v) is 6.30.